The van der Waals surface area contributed by atoms with Crippen molar-refractivity contribution >= 4 is 29.1 Å². The van der Waals surface area contributed by atoms with Crippen molar-refractivity contribution < 1.29 is 14.3 Å². The summed E-state index contributed by atoms with van der Waals surface area (Å²) in [6, 6.07) is 12.2. The number of rotatable bonds is 5. The van der Waals surface area contributed by atoms with E-state index in [0.29, 0.717) is 10.0 Å². The second-order valence-corrected chi connectivity index (χ2v) is 6.84. The van der Waals surface area contributed by atoms with Crippen molar-refractivity contribution in [3.05, 3.63) is 93.5 Å². The van der Waals surface area contributed by atoms with E-state index in [2.05, 4.69) is 4.98 Å². The smallest absolute Gasteiger partial charge is 0.254 e. The van der Waals surface area contributed by atoms with Crippen LogP contribution in [-0.2, 0) is 13.1 Å². The minimum atomic E-state index is -0.854. The van der Waals surface area contributed by atoms with Gasteiger partial charge in [-0.05, 0) is 53.6 Å². The van der Waals surface area contributed by atoms with Gasteiger partial charge in [-0.15, -0.1) is 0 Å². The number of hydrogen-bond donors (Lipinski definition) is 1. The molecule has 3 rings (SSSR count). The molecule has 3 aromatic rings. The molecule has 0 aliphatic heterocycles. The lowest BCUT2D eigenvalue weighted by molar-refractivity contribution is 0.0729. The van der Waals surface area contributed by atoms with Crippen molar-refractivity contribution in [3.63, 3.8) is 0 Å². The summed E-state index contributed by atoms with van der Waals surface area (Å²) in [4.78, 5) is 18.6. The average Bonchev–Trinajstić information content (AvgIpc) is 2.63. The van der Waals surface area contributed by atoms with Gasteiger partial charge in [-0.1, -0.05) is 29.3 Å². The molecule has 0 saturated heterocycles. The molecule has 1 amide bonds. The van der Waals surface area contributed by atoms with Crippen LogP contribution in [0, 0.1) is 5.82 Å². The van der Waals surface area contributed by atoms with Crippen LogP contribution >= 0.6 is 23.2 Å². The zero-order chi connectivity index (χ0) is 19.4. The van der Waals surface area contributed by atoms with Crippen molar-refractivity contribution in [1.29, 1.82) is 0 Å². The van der Waals surface area contributed by atoms with Gasteiger partial charge < -0.3 is 10.0 Å². The Morgan fingerprint density at radius 1 is 1.04 bits per heavy atom. The highest BCUT2D eigenvalue weighted by molar-refractivity contribution is 6.34. The first-order valence-corrected chi connectivity index (χ1v) is 8.79. The fourth-order valence-electron chi connectivity index (χ4n) is 2.66. The Labute approximate surface area is 165 Å². The number of halogens is 3. The summed E-state index contributed by atoms with van der Waals surface area (Å²) >= 11 is 12.1. The van der Waals surface area contributed by atoms with E-state index in [1.54, 1.807) is 36.7 Å². The number of amides is 1. The van der Waals surface area contributed by atoms with Crippen LogP contribution in [0.25, 0.3) is 0 Å². The van der Waals surface area contributed by atoms with Crippen molar-refractivity contribution in [1.82, 2.24) is 9.88 Å². The van der Waals surface area contributed by atoms with E-state index < -0.39 is 17.5 Å². The number of phenolic OH excluding ortho intramolecular Hbond substituents is 1. The summed E-state index contributed by atoms with van der Waals surface area (Å²) < 4.78 is 13.7. The highest BCUT2D eigenvalue weighted by Gasteiger charge is 2.19. The molecule has 2 aromatic carbocycles. The van der Waals surface area contributed by atoms with E-state index in [1.165, 1.54) is 11.0 Å². The molecule has 4 nitrogen and oxygen atoms in total. The third-order valence-corrected chi connectivity index (χ3v) is 4.31. The summed E-state index contributed by atoms with van der Waals surface area (Å²) in [5.74, 6) is -1.76. The normalized spacial score (nSPS) is 10.6. The van der Waals surface area contributed by atoms with Crippen LogP contribution in [0.5, 0.6) is 5.75 Å². The summed E-state index contributed by atoms with van der Waals surface area (Å²) in [7, 11) is 0. The maximum atomic E-state index is 13.7. The summed E-state index contributed by atoms with van der Waals surface area (Å²) in [5.41, 5.74) is 1.68. The number of benzene rings is 2. The predicted octanol–water partition coefficient (Wildman–Crippen LogP) is 5.08. The fraction of sp³-hybridized carbons (Fsp3) is 0.100. The SMILES string of the molecule is O=C(c1ccc(O)c(F)c1)N(Cc1cccnc1)Cc1cc(Cl)cc(Cl)c1. The first-order valence-electron chi connectivity index (χ1n) is 8.04. The van der Waals surface area contributed by atoms with E-state index >= 15 is 0 Å². The van der Waals surface area contributed by atoms with Crippen molar-refractivity contribution in [2.75, 3.05) is 0 Å². The lowest BCUT2D eigenvalue weighted by Crippen LogP contribution is -2.30. The molecule has 1 heterocycles. The van der Waals surface area contributed by atoms with Gasteiger partial charge in [0, 0.05) is 41.1 Å². The predicted molar refractivity (Wildman–Crippen MR) is 102 cm³/mol. The Hall–Kier alpha value is -2.63. The van der Waals surface area contributed by atoms with Crippen molar-refractivity contribution in [2.45, 2.75) is 13.1 Å². The average molecular weight is 405 g/mol. The number of carbonyl (C=O) groups is 1. The van der Waals surface area contributed by atoms with Gasteiger partial charge in [0.1, 0.15) is 0 Å². The van der Waals surface area contributed by atoms with Gasteiger partial charge in [-0.25, -0.2) is 4.39 Å². The molecule has 0 atom stereocenters. The van der Waals surface area contributed by atoms with E-state index in [0.717, 1.165) is 23.3 Å². The molecule has 1 N–H and O–H groups in total. The van der Waals surface area contributed by atoms with Gasteiger partial charge in [0.25, 0.3) is 5.91 Å². The van der Waals surface area contributed by atoms with Gasteiger partial charge in [-0.3, -0.25) is 9.78 Å². The zero-order valence-corrected chi connectivity index (χ0v) is 15.6. The molecule has 0 aliphatic carbocycles. The molecule has 0 radical (unpaired) electrons. The molecule has 0 spiro atoms. The Balaban J connectivity index is 1.93. The Bertz CT molecular complexity index is 947. The van der Waals surface area contributed by atoms with Crippen molar-refractivity contribution in [3.8, 4) is 5.75 Å². The van der Waals surface area contributed by atoms with Crippen LogP contribution in [-0.4, -0.2) is 20.9 Å². The lowest BCUT2D eigenvalue weighted by Gasteiger charge is -2.23. The monoisotopic (exact) mass is 404 g/mol. The van der Waals surface area contributed by atoms with Crippen LogP contribution in [0.4, 0.5) is 4.39 Å². The topological polar surface area (TPSA) is 53.4 Å². The zero-order valence-electron chi connectivity index (χ0n) is 14.1. The van der Waals surface area contributed by atoms with Gasteiger partial charge in [0.15, 0.2) is 11.6 Å². The Morgan fingerprint density at radius 2 is 1.74 bits per heavy atom. The highest BCUT2D eigenvalue weighted by Crippen LogP contribution is 2.23. The lowest BCUT2D eigenvalue weighted by atomic mass is 10.1. The molecule has 0 saturated carbocycles. The quantitative estimate of drug-likeness (QED) is 0.645. The molecular formula is C20H15Cl2FN2O2. The van der Waals surface area contributed by atoms with Gasteiger partial charge in [-0.2, -0.15) is 0 Å². The largest absolute Gasteiger partial charge is 0.505 e. The Morgan fingerprint density at radius 3 is 2.37 bits per heavy atom. The molecule has 1 aromatic heterocycles. The third-order valence-electron chi connectivity index (χ3n) is 3.87. The summed E-state index contributed by atoms with van der Waals surface area (Å²) in [6.45, 7) is 0.482. The van der Waals surface area contributed by atoms with Crippen LogP contribution in [0.3, 0.4) is 0 Å². The van der Waals surface area contributed by atoms with Gasteiger partial charge >= 0.3 is 0 Å². The summed E-state index contributed by atoms with van der Waals surface area (Å²) in [6.07, 6.45) is 3.30. The van der Waals surface area contributed by atoms with Crippen LogP contribution in [0.15, 0.2) is 60.9 Å². The number of pyridine rings is 1. The first-order chi connectivity index (χ1) is 12.9. The number of aromatic nitrogens is 1. The maximum absolute atomic E-state index is 13.7. The molecule has 0 fully saturated rings. The number of phenols is 1. The van der Waals surface area contributed by atoms with Crippen LogP contribution < -0.4 is 0 Å². The maximum Gasteiger partial charge on any atom is 0.254 e. The third kappa shape index (κ3) is 4.96. The summed E-state index contributed by atoms with van der Waals surface area (Å²) in [5, 5.41) is 10.3. The standard InChI is InChI=1S/C20H15Cl2FN2O2/c21-16-6-14(7-17(22)9-16)12-25(11-13-2-1-5-24-10-13)20(27)15-3-4-19(26)18(23)8-15/h1-10,26H,11-12H2. The number of nitrogens with zero attached hydrogens (tertiary/aromatic N) is 2. The van der Waals surface area contributed by atoms with E-state index in [-0.39, 0.29) is 18.7 Å². The van der Waals surface area contributed by atoms with Crippen molar-refractivity contribution in [2.24, 2.45) is 0 Å². The van der Waals surface area contributed by atoms with E-state index in [1.807, 2.05) is 6.07 Å². The van der Waals surface area contributed by atoms with Gasteiger partial charge in [0.05, 0.1) is 0 Å². The second-order valence-electron chi connectivity index (χ2n) is 5.97. The molecule has 0 aliphatic rings. The van der Waals surface area contributed by atoms with E-state index in [9.17, 15) is 14.3 Å². The second kappa shape index (κ2) is 8.37. The Kier molecular flexibility index (Phi) is 5.94. The van der Waals surface area contributed by atoms with E-state index in [4.69, 9.17) is 23.2 Å². The molecule has 7 heteroatoms. The highest BCUT2D eigenvalue weighted by atomic mass is 35.5. The van der Waals surface area contributed by atoms with Crippen LogP contribution in [0.1, 0.15) is 21.5 Å². The number of hydrogen-bond acceptors (Lipinski definition) is 3. The number of aromatic hydroxyl groups is 1. The van der Waals surface area contributed by atoms with Gasteiger partial charge in [0.2, 0.25) is 0 Å². The molecule has 0 unspecified atom stereocenters. The fourth-order valence-corrected chi connectivity index (χ4v) is 3.23. The minimum absolute atomic E-state index is 0.127. The van der Waals surface area contributed by atoms with Crippen LogP contribution in [0.2, 0.25) is 10.0 Å². The molecule has 27 heavy (non-hydrogen) atoms. The first kappa shape index (κ1) is 19.1. The number of carbonyl (C=O) groups excluding carboxylic acids is 1. The molecule has 138 valence electrons. The molecule has 0 bridgehead atoms. The minimum Gasteiger partial charge on any atom is -0.505 e. The molecular weight excluding hydrogens is 390 g/mol.